The molecule has 1 unspecified atom stereocenters. The molecule has 3 N–H and O–H groups in total. The summed E-state index contributed by atoms with van der Waals surface area (Å²) >= 11 is 1.37. The maximum atomic E-state index is 13.0. The first-order valence-electron chi connectivity index (χ1n) is 10.7. The third-order valence-corrected chi connectivity index (χ3v) is 6.08. The van der Waals surface area contributed by atoms with E-state index in [1.54, 1.807) is 28.6 Å². The highest BCUT2D eigenvalue weighted by molar-refractivity contribution is 7.13. The highest BCUT2D eigenvalue weighted by atomic mass is 32.1. The van der Waals surface area contributed by atoms with Gasteiger partial charge in [-0.3, -0.25) is 9.59 Å². The highest BCUT2D eigenvalue weighted by Gasteiger charge is 2.31. The maximum absolute atomic E-state index is 13.0. The molecule has 8 nitrogen and oxygen atoms in total. The van der Waals surface area contributed by atoms with Crippen LogP contribution in [0.25, 0.3) is 0 Å². The molecule has 1 aliphatic rings. The Morgan fingerprint density at radius 3 is 2.56 bits per heavy atom. The quantitative estimate of drug-likeness (QED) is 0.562. The number of amides is 4. The molecule has 172 valence electrons. The minimum atomic E-state index is -0.631. The number of halogens is 1. The van der Waals surface area contributed by atoms with Gasteiger partial charge in [0.2, 0.25) is 11.8 Å². The average Bonchev–Trinajstić information content (AvgIpc) is 3.31. The van der Waals surface area contributed by atoms with E-state index in [-0.39, 0.29) is 30.1 Å². The molecule has 4 amide bonds. The van der Waals surface area contributed by atoms with E-state index >= 15 is 0 Å². The van der Waals surface area contributed by atoms with E-state index in [1.165, 1.54) is 23.5 Å². The Morgan fingerprint density at radius 1 is 1.22 bits per heavy atom. The first kappa shape index (κ1) is 23.6. The molecule has 1 aliphatic heterocycles. The van der Waals surface area contributed by atoms with Crippen LogP contribution in [0.1, 0.15) is 38.2 Å². The Kier molecular flexibility index (Phi) is 8.55. The number of hydrogen-bond acceptors (Lipinski definition) is 5. The smallest absolute Gasteiger partial charge is 0.315 e. The van der Waals surface area contributed by atoms with Crippen LogP contribution in [0.3, 0.4) is 0 Å². The molecule has 1 atom stereocenters. The third-order valence-electron chi connectivity index (χ3n) is 5.39. The number of nitrogens with one attached hydrogen (secondary N) is 3. The molecular formula is C22H28FN5O3S. The second-order valence-corrected chi connectivity index (χ2v) is 8.62. The summed E-state index contributed by atoms with van der Waals surface area (Å²) in [4.78, 5) is 43.5. The zero-order chi connectivity index (χ0) is 22.9. The Morgan fingerprint density at radius 2 is 1.94 bits per heavy atom. The summed E-state index contributed by atoms with van der Waals surface area (Å²) in [6, 6.07) is 4.78. The number of hydrogen-bond donors (Lipinski definition) is 3. The van der Waals surface area contributed by atoms with Crippen molar-refractivity contribution in [2.24, 2.45) is 5.92 Å². The average molecular weight is 462 g/mol. The summed E-state index contributed by atoms with van der Waals surface area (Å²) in [6.45, 7) is 3.12. The molecule has 0 saturated carbocycles. The number of nitrogens with zero attached hydrogens (tertiary/aromatic N) is 2. The van der Waals surface area contributed by atoms with Crippen molar-refractivity contribution in [1.82, 2.24) is 20.5 Å². The Bertz CT molecular complexity index is 899. The zero-order valence-corrected chi connectivity index (χ0v) is 18.8. The second kappa shape index (κ2) is 11.6. The fraction of sp³-hybridized carbons (Fsp3) is 0.455. The van der Waals surface area contributed by atoms with E-state index in [0.29, 0.717) is 37.5 Å². The number of rotatable bonds is 8. The van der Waals surface area contributed by atoms with Crippen molar-refractivity contribution >= 4 is 34.3 Å². The molecule has 0 spiro atoms. The van der Waals surface area contributed by atoms with Gasteiger partial charge in [0.05, 0.1) is 0 Å². The van der Waals surface area contributed by atoms with E-state index in [0.717, 1.165) is 12.0 Å². The zero-order valence-electron chi connectivity index (χ0n) is 18.0. The summed E-state index contributed by atoms with van der Waals surface area (Å²) in [5.41, 5.74) is 0.762. The van der Waals surface area contributed by atoms with Crippen molar-refractivity contribution in [2.75, 3.05) is 18.4 Å². The van der Waals surface area contributed by atoms with Gasteiger partial charge in [0, 0.05) is 37.1 Å². The summed E-state index contributed by atoms with van der Waals surface area (Å²) in [5, 5.41) is 10.7. The lowest BCUT2D eigenvalue weighted by Gasteiger charge is -2.33. The van der Waals surface area contributed by atoms with Crippen molar-refractivity contribution < 1.29 is 18.8 Å². The van der Waals surface area contributed by atoms with Crippen LogP contribution in [0.4, 0.5) is 14.3 Å². The van der Waals surface area contributed by atoms with Gasteiger partial charge < -0.3 is 20.9 Å². The Balaban J connectivity index is 1.47. The van der Waals surface area contributed by atoms with Gasteiger partial charge >= 0.3 is 6.03 Å². The lowest BCUT2D eigenvalue weighted by atomic mass is 9.95. The first-order valence-corrected chi connectivity index (χ1v) is 11.6. The predicted molar refractivity (Wildman–Crippen MR) is 121 cm³/mol. The molecule has 3 rings (SSSR count). The van der Waals surface area contributed by atoms with Crippen LogP contribution in [0, 0.1) is 11.7 Å². The van der Waals surface area contributed by atoms with E-state index in [1.807, 2.05) is 6.92 Å². The number of urea groups is 1. The van der Waals surface area contributed by atoms with E-state index in [9.17, 15) is 18.8 Å². The summed E-state index contributed by atoms with van der Waals surface area (Å²) < 4.78 is 13.0. The third kappa shape index (κ3) is 6.74. The minimum Gasteiger partial charge on any atom is -0.341 e. The van der Waals surface area contributed by atoms with E-state index in [2.05, 4.69) is 20.9 Å². The molecule has 1 aromatic heterocycles. The van der Waals surface area contributed by atoms with Gasteiger partial charge in [-0.25, -0.2) is 14.2 Å². The van der Waals surface area contributed by atoms with Crippen LogP contribution in [0.15, 0.2) is 35.8 Å². The molecule has 1 saturated heterocycles. The molecule has 1 fully saturated rings. The van der Waals surface area contributed by atoms with Crippen LogP contribution >= 0.6 is 11.3 Å². The predicted octanol–water partition coefficient (Wildman–Crippen LogP) is 3.13. The molecule has 0 bridgehead atoms. The van der Waals surface area contributed by atoms with Crippen LogP contribution in [-0.4, -0.2) is 46.9 Å². The molecule has 0 radical (unpaired) electrons. The second-order valence-electron chi connectivity index (χ2n) is 7.72. The fourth-order valence-electron chi connectivity index (χ4n) is 3.62. The number of thiazole rings is 1. The number of carbonyl (C=O) groups excluding carboxylic acids is 3. The maximum Gasteiger partial charge on any atom is 0.315 e. The Labute approximate surface area is 190 Å². The van der Waals surface area contributed by atoms with E-state index < -0.39 is 12.1 Å². The van der Waals surface area contributed by atoms with Crippen molar-refractivity contribution in [3.63, 3.8) is 0 Å². The minimum absolute atomic E-state index is 0.0737. The molecule has 0 aliphatic carbocycles. The molecule has 1 aromatic carbocycles. The highest BCUT2D eigenvalue weighted by Crippen LogP contribution is 2.21. The van der Waals surface area contributed by atoms with Crippen molar-refractivity contribution in [3.05, 3.63) is 47.2 Å². The standard InChI is InChI=1S/C22H28FN5O3S/c1-2-3-18(26-21(31)25-14-15-4-6-17(23)7-5-15)20(30)28-11-8-16(9-12-28)19(29)27-22-24-10-13-32-22/h4-7,10,13,16,18H,2-3,8-9,11-12,14H2,1H3,(H,24,27,29)(H2,25,26,31). The molecule has 10 heteroatoms. The van der Waals surface area contributed by atoms with Gasteiger partial charge in [-0.1, -0.05) is 25.5 Å². The van der Waals surface area contributed by atoms with Crippen LogP contribution in [-0.2, 0) is 16.1 Å². The first-order chi connectivity index (χ1) is 15.5. The monoisotopic (exact) mass is 461 g/mol. The molecule has 2 heterocycles. The van der Waals surface area contributed by atoms with Crippen LogP contribution in [0.2, 0.25) is 0 Å². The van der Waals surface area contributed by atoms with Gasteiger partial charge in [-0.15, -0.1) is 11.3 Å². The number of aromatic nitrogens is 1. The lowest BCUT2D eigenvalue weighted by Crippen LogP contribution is -2.53. The van der Waals surface area contributed by atoms with Crippen LogP contribution < -0.4 is 16.0 Å². The summed E-state index contributed by atoms with van der Waals surface area (Å²) in [5.74, 6) is -0.714. The van der Waals surface area contributed by atoms with Gasteiger partial charge in [0.1, 0.15) is 11.9 Å². The summed E-state index contributed by atoms with van der Waals surface area (Å²) in [7, 11) is 0. The molecule has 32 heavy (non-hydrogen) atoms. The topological polar surface area (TPSA) is 103 Å². The van der Waals surface area contributed by atoms with Gasteiger partial charge in [-0.05, 0) is 37.0 Å². The SMILES string of the molecule is CCCC(NC(=O)NCc1ccc(F)cc1)C(=O)N1CCC(C(=O)Nc2nccs2)CC1. The van der Waals surface area contributed by atoms with Crippen molar-refractivity contribution in [1.29, 1.82) is 0 Å². The van der Waals surface area contributed by atoms with Crippen molar-refractivity contribution in [2.45, 2.75) is 45.2 Å². The van der Waals surface area contributed by atoms with Gasteiger partial charge in [0.15, 0.2) is 5.13 Å². The lowest BCUT2D eigenvalue weighted by molar-refractivity contribution is -0.136. The van der Waals surface area contributed by atoms with Crippen LogP contribution in [0.5, 0.6) is 0 Å². The number of likely N-dealkylation sites (tertiary alicyclic amines) is 1. The normalized spacial score (nSPS) is 15.1. The fourth-order valence-corrected chi connectivity index (χ4v) is 4.15. The largest absolute Gasteiger partial charge is 0.341 e. The number of benzene rings is 1. The van der Waals surface area contributed by atoms with Gasteiger partial charge in [-0.2, -0.15) is 0 Å². The number of piperidine rings is 1. The van der Waals surface area contributed by atoms with E-state index in [4.69, 9.17) is 0 Å². The Hall–Kier alpha value is -3.01. The summed E-state index contributed by atoms with van der Waals surface area (Å²) in [6.07, 6.45) is 4.03. The van der Waals surface area contributed by atoms with Gasteiger partial charge in [0.25, 0.3) is 0 Å². The van der Waals surface area contributed by atoms with Crippen molar-refractivity contribution in [3.8, 4) is 0 Å². The molecule has 2 aromatic rings. The molecular weight excluding hydrogens is 433 g/mol. The number of carbonyl (C=O) groups is 3. The number of anilines is 1.